The largest absolute Gasteiger partial charge is 0.455 e. The molecule has 12 unspecified atom stereocenters. The van der Waals surface area contributed by atoms with Crippen LogP contribution in [0.15, 0.2) is 197 Å². The van der Waals surface area contributed by atoms with Crippen LogP contribution >= 0.6 is 0 Å². The van der Waals surface area contributed by atoms with Gasteiger partial charge in [0.15, 0.2) is 24.8 Å². The fourth-order valence-corrected chi connectivity index (χ4v) is 9.64. The molecule has 9 N–H and O–H groups in total. The summed E-state index contributed by atoms with van der Waals surface area (Å²) in [7, 11) is 0. The van der Waals surface area contributed by atoms with Crippen LogP contribution in [-0.2, 0) is 23.7 Å². The maximum absolute atomic E-state index is 12.8. The van der Waals surface area contributed by atoms with Crippen molar-refractivity contribution in [3.63, 3.8) is 0 Å². The summed E-state index contributed by atoms with van der Waals surface area (Å²) in [5.74, 6) is -2.72. The molecule has 3 aliphatic rings. The Balaban J connectivity index is 0.000000180. The van der Waals surface area contributed by atoms with E-state index in [0.29, 0.717) is 27.8 Å². The Bertz CT molecular complexity index is 4040. The average Bonchev–Trinajstić information content (AvgIpc) is 0.818. The van der Waals surface area contributed by atoms with Gasteiger partial charge in [0.2, 0.25) is 0 Å². The monoisotopic (exact) mass is 1280 g/mol. The highest BCUT2D eigenvalue weighted by atomic mass is 16.6. The number of anilines is 3. The first-order valence-electron chi connectivity index (χ1n) is 28.6. The fourth-order valence-electron chi connectivity index (χ4n) is 9.64. The molecule has 3 aliphatic heterocycles. The number of rotatable bonds is 13. The number of aliphatic hydroxyl groups excluding tert-OH is 6. The maximum atomic E-state index is 12.8. The predicted molar refractivity (Wildman–Crippen MR) is 332 cm³/mol. The summed E-state index contributed by atoms with van der Waals surface area (Å²) >= 11 is 0. The molecule has 93 heavy (non-hydrogen) atoms. The van der Waals surface area contributed by atoms with Crippen LogP contribution in [0.4, 0.5) is 17.5 Å². The van der Waals surface area contributed by atoms with Crippen LogP contribution in [0.25, 0.3) is 0 Å². The van der Waals surface area contributed by atoms with Gasteiger partial charge in [0.1, 0.15) is 60.2 Å². The van der Waals surface area contributed by atoms with E-state index in [2.05, 4.69) is 30.9 Å². The van der Waals surface area contributed by atoms with Gasteiger partial charge in [-0.3, -0.25) is 28.1 Å². The van der Waals surface area contributed by atoms with Crippen molar-refractivity contribution in [1.82, 2.24) is 28.7 Å². The number of ether oxygens (including phenoxy) is 5. The number of hydrogen-bond acceptors (Lipinski definition) is 22. The number of nitrogens with one attached hydrogen (secondary N) is 3. The Morgan fingerprint density at radius 3 is 1.26 bits per heavy atom. The molecule has 3 aromatic heterocycles. The number of aliphatic hydroxyl groups is 6. The van der Waals surface area contributed by atoms with E-state index < -0.39 is 114 Å². The van der Waals surface area contributed by atoms with Crippen molar-refractivity contribution in [3.8, 4) is 0 Å². The Hall–Kier alpha value is -10.3. The van der Waals surface area contributed by atoms with E-state index in [1.807, 2.05) is 0 Å². The van der Waals surface area contributed by atoms with E-state index in [1.54, 1.807) is 153 Å². The molecular formula is C65H67N9O19. The Kier molecular flexibility index (Phi) is 23.4. The van der Waals surface area contributed by atoms with E-state index in [0.717, 1.165) is 13.7 Å². The molecule has 486 valence electrons. The summed E-state index contributed by atoms with van der Waals surface area (Å²) in [6, 6.07) is 44.7. The summed E-state index contributed by atoms with van der Waals surface area (Å²) in [6.07, 6.45) is -10.1. The Morgan fingerprint density at radius 2 is 0.806 bits per heavy atom. The normalized spacial score (nSPS) is 23.1. The van der Waals surface area contributed by atoms with E-state index in [-0.39, 0.29) is 56.2 Å². The minimum absolute atomic E-state index is 0. The number of nitrogens with zero attached hydrogens (tertiary/aromatic N) is 6. The number of carbonyl (C=O) groups is 5. The number of aromatic nitrogens is 6. The molecule has 0 aliphatic carbocycles. The fraction of sp³-hybridized carbons (Fsp3) is 0.277. The highest BCUT2D eigenvalue weighted by molar-refractivity contribution is 6.05. The first kappa shape index (κ1) is 68.6. The van der Waals surface area contributed by atoms with Crippen LogP contribution in [0.1, 0.15) is 90.4 Å². The van der Waals surface area contributed by atoms with Crippen LogP contribution in [0, 0.1) is 12.8 Å². The van der Waals surface area contributed by atoms with Crippen molar-refractivity contribution in [2.45, 2.75) is 88.8 Å². The lowest BCUT2D eigenvalue weighted by Gasteiger charge is -2.38. The SMILES string of the molecule is C.Cc1cn(C2OCC(C)C(OC(=O)c3ccccc3)C2O)c(=O)nc1NC(=O)c1ccccc1.O=C(Nc1ccn(C2OCC(O)C(O)C2O)c(=O)n1)c1ccccc1.O=C(Nc1ccn(C2OCC(O)C(O)C2OC(=O)c2ccccc2)c(=O)n1)c1ccccc1. The smallest absolute Gasteiger partial charge is 0.351 e. The molecule has 8 aromatic rings. The standard InChI is InChI=1S/C25H25N3O6.C23H21N3O7.C16H17N3O6.CH4/c1-15-13-28(25(32)27-21(15)26-22(30)17-9-5-3-6-10-17)23-19(29)20(16(2)14-33-23)34-24(31)18-11-7-4-8-12-18;27-16-13-32-21(19(18(16)28)33-22(30)15-9-5-2-6-10-15)26-12-11-17(25-23(26)31)24-20(29)14-7-3-1-4-8-14;20-10-8-25-15(13(22)12(10)21)19-7-6-11(18-16(19)24)17-14(23)9-4-2-1-3-5-9;/h3-13,16,19-20,23,29H,14H2,1-2H3,(H,26,27,30,32);1-12,16,18-19,21,27-28H,13H2,(H,24,25,29,31);1-7,10,12-13,15,20-22H,8H2,(H,17,18,23,24);1H4. The number of benzene rings is 5. The molecule has 0 radical (unpaired) electrons. The lowest BCUT2D eigenvalue weighted by atomic mass is 9.96. The van der Waals surface area contributed by atoms with Gasteiger partial charge in [-0.15, -0.1) is 0 Å². The quantitative estimate of drug-likeness (QED) is 0.0748. The molecule has 3 amide bonds. The van der Waals surface area contributed by atoms with Crippen LogP contribution in [0.5, 0.6) is 0 Å². The number of esters is 2. The van der Waals surface area contributed by atoms with Gasteiger partial charge in [-0.2, -0.15) is 15.0 Å². The second kappa shape index (κ2) is 31.6. The number of hydrogen-bond donors (Lipinski definition) is 9. The second-order valence-electron chi connectivity index (χ2n) is 21.1. The highest BCUT2D eigenvalue weighted by Gasteiger charge is 2.45. The van der Waals surface area contributed by atoms with Gasteiger partial charge in [-0.1, -0.05) is 105 Å². The minimum atomic E-state index is -1.50. The van der Waals surface area contributed by atoms with Crippen molar-refractivity contribution in [2.24, 2.45) is 5.92 Å². The van der Waals surface area contributed by atoms with Crippen molar-refractivity contribution in [3.05, 3.63) is 247 Å². The summed E-state index contributed by atoms with van der Waals surface area (Å²) in [6.45, 7) is 3.10. The van der Waals surface area contributed by atoms with Crippen molar-refractivity contribution in [2.75, 3.05) is 35.8 Å². The third kappa shape index (κ3) is 17.0. The van der Waals surface area contributed by atoms with Gasteiger partial charge in [0, 0.05) is 46.8 Å². The van der Waals surface area contributed by atoms with Gasteiger partial charge in [-0.05, 0) is 79.7 Å². The zero-order chi connectivity index (χ0) is 65.6. The zero-order valence-corrected chi connectivity index (χ0v) is 49.0. The molecule has 28 heteroatoms. The molecule has 11 rings (SSSR count). The summed E-state index contributed by atoms with van der Waals surface area (Å²) < 4.78 is 30.6. The third-order valence-electron chi connectivity index (χ3n) is 14.6. The topological polar surface area (TPSA) is 394 Å². The summed E-state index contributed by atoms with van der Waals surface area (Å²) in [5, 5.41) is 68.2. The van der Waals surface area contributed by atoms with Crippen molar-refractivity contribution in [1.29, 1.82) is 0 Å². The lowest BCUT2D eigenvalue weighted by Crippen LogP contribution is -2.54. The maximum Gasteiger partial charge on any atom is 0.351 e. The van der Waals surface area contributed by atoms with E-state index in [4.69, 9.17) is 23.7 Å². The number of amides is 3. The van der Waals surface area contributed by atoms with E-state index >= 15 is 0 Å². The molecule has 0 spiro atoms. The molecule has 3 saturated heterocycles. The van der Waals surface area contributed by atoms with E-state index in [9.17, 15) is 69.0 Å². The zero-order valence-electron chi connectivity index (χ0n) is 49.0. The van der Waals surface area contributed by atoms with Gasteiger partial charge in [0.05, 0.1) is 30.9 Å². The average molecular weight is 1280 g/mol. The first-order chi connectivity index (χ1) is 44.3. The van der Waals surface area contributed by atoms with Gasteiger partial charge >= 0.3 is 29.0 Å². The van der Waals surface area contributed by atoms with Crippen molar-refractivity contribution >= 4 is 47.1 Å². The minimum Gasteiger partial charge on any atom is -0.455 e. The summed E-state index contributed by atoms with van der Waals surface area (Å²) in [4.78, 5) is 111. The Labute approximate surface area is 529 Å². The number of carbonyl (C=O) groups excluding carboxylic acids is 5. The molecular weight excluding hydrogens is 1210 g/mol. The molecule has 3 fully saturated rings. The van der Waals surface area contributed by atoms with Gasteiger partial charge < -0.3 is 70.3 Å². The molecule has 28 nitrogen and oxygen atoms in total. The Morgan fingerprint density at radius 1 is 0.441 bits per heavy atom. The third-order valence-corrected chi connectivity index (χ3v) is 14.6. The molecule has 12 atom stereocenters. The molecule has 0 bridgehead atoms. The van der Waals surface area contributed by atoms with Gasteiger partial charge in [-0.25, -0.2) is 24.0 Å². The number of aryl methyl sites for hydroxylation is 1. The highest BCUT2D eigenvalue weighted by Crippen LogP contribution is 2.31. The summed E-state index contributed by atoms with van der Waals surface area (Å²) in [5.41, 5.74) is 0.00771. The van der Waals surface area contributed by atoms with Crippen LogP contribution in [0.2, 0.25) is 0 Å². The molecule has 5 aromatic carbocycles. The van der Waals surface area contributed by atoms with E-state index in [1.165, 1.54) is 42.9 Å². The first-order valence-corrected chi connectivity index (χ1v) is 28.6. The molecule has 0 saturated carbocycles. The molecule has 6 heterocycles. The van der Waals surface area contributed by atoms with Crippen LogP contribution in [0.3, 0.4) is 0 Å². The lowest BCUT2D eigenvalue weighted by molar-refractivity contribution is -0.212. The van der Waals surface area contributed by atoms with Crippen molar-refractivity contribution < 1.29 is 78.3 Å². The van der Waals surface area contributed by atoms with Crippen LogP contribution in [-0.4, -0.2) is 158 Å². The second-order valence-corrected chi connectivity index (χ2v) is 21.1. The predicted octanol–water partition coefficient (Wildman–Crippen LogP) is 3.27. The van der Waals surface area contributed by atoms with Gasteiger partial charge in [0.25, 0.3) is 17.7 Å². The van der Waals surface area contributed by atoms with Crippen LogP contribution < -0.4 is 33.0 Å².